The van der Waals surface area contributed by atoms with E-state index < -0.39 is 16.0 Å². The number of benzene rings is 1. The topological polar surface area (TPSA) is 106 Å². The monoisotopic (exact) mass is 406 g/mol. The molecule has 0 saturated carbocycles. The number of fused-ring (bicyclic) bond motifs is 1. The number of methoxy groups -OCH3 is 1. The maximum atomic E-state index is 13.4. The lowest BCUT2D eigenvalue weighted by Gasteiger charge is -2.27. The zero-order valence-electron chi connectivity index (χ0n) is 15.9. The van der Waals surface area contributed by atoms with Crippen LogP contribution >= 0.6 is 0 Å². The van der Waals surface area contributed by atoms with E-state index in [0.717, 1.165) is 3.97 Å². The molecule has 1 aromatic heterocycles. The molecule has 2 aromatic rings. The molecule has 0 atom stereocenters. The van der Waals surface area contributed by atoms with Gasteiger partial charge in [-0.15, -0.1) is 0 Å². The molecule has 1 aliphatic rings. The third-order valence-electron chi connectivity index (χ3n) is 5.02. The molecule has 0 bridgehead atoms. The number of carboxylic acids is 1. The predicted octanol–water partition coefficient (Wildman–Crippen LogP) is 1.90. The summed E-state index contributed by atoms with van der Waals surface area (Å²) in [7, 11) is -2.71. The van der Waals surface area contributed by atoms with Gasteiger partial charge in [-0.25, -0.2) is 17.2 Å². The van der Waals surface area contributed by atoms with E-state index in [1.165, 1.54) is 43.2 Å². The van der Waals surface area contributed by atoms with Crippen molar-refractivity contribution in [3.8, 4) is 5.75 Å². The molecule has 1 aliphatic heterocycles. The van der Waals surface area contributed by atoms with Crippen molar-refractivity contribution in [1.82, 2.24) is 8.87 Å². The second-order valence-electron chi connectivity index (χ2n) is 6.55. The van der Waals surface area contributed by atoms with Crippen molar-refractivity contribution >= 4 is 21.9 Å². The summed E-state index contributed by atoms with van der Waals surface area (Å²) in [6.07, 6.45) is 0.804. The van der Waals surface area contributed by atoms with Crippen molar-refractivity contribution in [2.75, 3.05) is 13.7 Å². The number of carboxylic acid groups (broad SMARTS) is 1. The van der Waals surface area contributed by atoms with Crippen molar-refractivity contribution in [2.45, 2.75) is 38.1 Å². The van der Waals surface area contributed by atoms with Gasteiger partial charge in [-0.2, -0.15) is 0 Å². The smallest absolute Gasteiger partial charge is 0.353 e. The van der Waals surface area contributed by atoms with Crippen LogP contribution in [0.2, 0.25) is 0 Å². The van der Waals surface area contributed by atoms with Crippen LogP contribution in [-0.2, 0) is 34.2 Å². The summed E-state index contributed by atoms with van der Waals surface area (Å²) in [5.74, 6) is -1.00. The van der Waals surface area contributed by atoms with Crippen LogP contribution in [0.15, 0.2) is 29.2 Å². The van der Waals surface area contributed by atoms with Crippen LogP contribution in [0.5, 0.6) is 5.75 Å². The van der Waals surface area contributed by atoms with Gasteiger partial charge in [0.05, 0.1) is 24.2 Å². The van der Waals surface area contributed by atoms with Crippen LogP contribution in [0.25, 0.3) is 0 Å². The summed E-state index contributed by atoms with van der Waals surface area (Å²) < 4.78 is 32.7. The van der Waals surface area contributed by atoms with E-state index in [9.17, 15) is 23.1 Å². The average Bonchev–Trinajstić information content (AvgIpc) is 3.02. The molecule has 0 saturated heterocycles. The molecule has 1 N–H and O–H groups in total. The number of nitrogens with zero attached hydrogens (tertiary/aromatic N) is 2. The first-order chi connectivity index (χ1) is 13.2. The highest BCUT2D eigenvalue weighted by Gasteiger charge is 2.36. The van der Waals surface area contributed by atoms with Crippen molar-refractivity contribution in [3.63, 3.8) is 0 Å². The lowest BCUT2D eigenvalue weighted by Crippen LogP contribution is -2.36. The number of carbonyl (C=O) groups excluding carboxylic acids is 1. The number of aromatic nitrogens is 1. The zero-order chi connectivity index (χ0) is 20.6. The number of hydrogen-bond acceptors (Lipinski definition) is 5. The third-order valence-corrected chi connectivity index (χ3v) is 6.77. The Morgan fingerprint density at radius 2 is 1.86 bits per heavy atom. The van der Waals surface area contributed by atoms with Gasteiger partial charge < -0.3 is 14.7 Å². The number of aromatic carboxylic acids is 1. The molecule has 3 rings (SSSR count). The minimum absolute atomic E-state index is 0.0452. The summed E-state index contributed by atoms with van der Waals surface area (Å²) in [5, 5.41) is 9.81. The molecule has 0 unspecified atom stereocenters. The standard InChI is InChI=1S/C19H22N2O6S/c1-4-15-16-9-10-20(12(2)22)11-17(16)21(18(15)19(23)24)28(25,26)14-7-5-13(27-3)6-8-14/h5-8H,4,9-11H2,1-3H3,(H,23,24). The SMILES string of the molecule is CCc1c2c(n(S(=O)(=O)c3ccc(OC)cc3)c1C(=O)O)CN(C(C)=O)CC2. The number of hydrogen-bond donors (Lipinski definition) is 1. The minimum Gasteiger partial charge on any atom is -0.497 e. The van der Waals surface area contributed by atoms with Gasteiger partial charge in [0.1, 0.15) is 11.4 Å². The Kier molecular flexibility index (Phi) is 5.20. The zero-order valence-corrected chi connectivity index (χ0v) is 16.7. The molecule has 8 nitrogen and oxygen atoms in total. The first-order valence-corrected chi connectivity index (χ1v) is 10.3. The van der Waals surface area contributed by atoms with Crippen LogP contribution in [-0.4, -0.2) is 47.9 Å². The molecule has 0 aliphatic carbocycles. The number of amides is 1. The average molecular weight is 406 g/mol. The maximum absolute atomic E-state index is 13.4. The molecule has 0 spiro atoms. The summed E-state index contributed by atoms with van der Waals surface area (Å²) in [4.78, 5) is 25.3. The highest BCUT2D eigenvalue weighted by molar-refractivity contribution is 7.90. The van der Waals surface area contributed by atoms with E-state index in [2.05, 4.69) is 0 Å². The Balaban J connectivity index is 2.27. The minimum atomic E-state index is -4.18. The van der Waals surface area contributed by atoms with E-state index >= 15 is 0 Å². The van der Waals surface area contributed by atoms with Gasteiger partial charge in [-0.05, 0) is 48.2 Å². The van der Waals surface area contributed by atoms with Crippen LogP contribution in [0, 0.1) is 0 Å². The van der Waals surface area contributed by atoms with Crippen LogP contribution < -0.4 is 4.74 Å². The predicted molar refractivity (Wildman–Crippen MR) is 101 cm³/mol. The van der Waals surface area contributed by atoms with E-state index in [0.29, 0.717) is 42.0 Å². The third kappa shape index (κ3) is 3.15. The highest BCUT2D eigenvalue weighted by atomic mass is 32.2. The van der Waals surface area contributed by atoms with E-state index in [1.54, 1.807) is 6.92 Å². The molecular formula is C19H22N2O6S. The van der Waals surface area contributed by atoms with Gasteiger partial charge in [-0.1, -0.05) is 6.92 Å². The summed E-state index contributed by atoms with van der Waals surface area (Å²) in [6.45, 7) is 3.69. The fourth-order valence-electron chi connectivity index (χ4n) is 3.64. The quantitative estimate of drug-likeness (QED) is 0.813. The van der Waals surface area contributed by atoms with Crippen LogP contribution in [0.3, 0.4) is 0 Å². The lowest BCUT2D eigenvalue weighted by molar-refractivity contribution is -0.129. The van der Waals surface area contributed by atoms with Crippen LogP contribution in [0.4, 0.5) is 0 Å². The molecule has 0 radical (unpaired) electrons. The normalized spacial score (nSPS) is 13.9. The molecular weight excluding hydrogens is 384 g/mol. The summed E-state index contributed by atoms with van der Waals surface area (Å²) >= 11 is 0. The number of ether oxygens (including phenoxy) is 1. The largest absolute Gasteiger partial charge is 0.497 e. The van der Waals surface area contributed by atoms with Crippen molar-refractivity contribution in [1.29, 1.82) is 0 Å². The van der Waals surface area contributed by atoms with Gasteiger partial charge in [0, 0.05) is 13.5 Å². The summed E-state index contributed by atoms with van der Waals surface area (Å²) in [6, 6.07) is 5.77. The Morgan fingerprint density at radius 1 is 1.21 bits per heavy atom. The Labute approximate surface area is 163 Å². The van der Waals surface area contributed by atoms with Gasteiger partial charge in [-0.3, -0.25) is 4.79 Å². The molecule has 1 amide bonds. The molecule has 28 heavy (non-hydrogen) atoms. The Morgan fingerprint density at radius 3 is 2.36 bits per heavy atom. The first-order valence-electron chi connectivity index (χ1n) is 8.86. The van der Waals surface area contributed by atoms with Crippen LogP contribution in [0.1, 0.15) is 41.2 Å². The van der Waals surface area contributed by atoms with Crippen molar-refractivity contribution in [3.05, 3.63) is 46.8 Å². The van der Waals surface area contributed by atoms with Gasteiger partial charge in [0.15, 0.2) is 0 Å². The van der Waals surface area contributed by atoms with Crippen molar-refractivity contribution < 1.29 is 27.9 Å². The second kappa shape index (κ2) is 7.31. The van der Waals surface area contributed by atoms with Crippen molar-refractivity contribution in [2.24, 2.45) is 0 Å². The molecule has 2 heterocycles. The van der Waals surface area contributed by atoms with E-state index in [4.69, 9.17) is 4.74 Å². The molecule has 9 heteroatoms. The molecule has 0 fully saturated rings. The molecule has 150 valence electrons. The Hall–Kier alpha value is -2.81. The molecule has 1 aromatic carbocycles. The first kappa shape index (κ1) is 19.9. The lowest BCUT2D eigenvalue weighted by atomic mass is 10.00. The number of rotatable bonds is 5. The fourth-order valence-corrected chi connectivity index (χ4v) is 5.22. The van der Waals surface area contributed by atoms with E-state index in [1.807, 2.05) is 0 Å². The van der Waals surface area contributed by atoms with Gasteiger partial charge in [0.25, 0.3) is 10.0 Å². The summed E-state index contributed by atoms with van der Waals surface area (Å²) in [5.41, 5.74) is 1.29. The highest BCUT2D eigenvalue weighted by Crippen LogP contribution is 2.33. The second-order valence-corrected chi connectivity index (χ2v) is 8.33. The Bertz CT molecular complexity index is 1040. The number of carbonyl (C=O) groups is 2. The maximum Gasteiger partial charge on any atom is 0.353 e. The van der Waals surface area contributed by atoms with Gasteiger partial charge >= 0.3 is 5.97 Å². The fraction of sp³-hybridized carbons (Fsp3) is 0.368. The van der Waals surface area contributed by atoms with E-state index in [-0.39, 0.29) is 23.0 Å². The van der Waals surface area contributed by atoms with Gasteiger partial charge in [0.2, 0.25) is 5.91 Å².